The fourth-order valence-electron chi connectivity index (χ4n) is 2.94. The zero-order valence-electron chi connectivity index (χ0n) is 15.0. The highest BCUT2D eigenvalue weighted by molar-refractivity contribution is 6.31. The molecule has 1 fully saturated rings. The molecule has 142 valence electrons. The molecular weight excluding hydrogens is 368 g/mol. The molecule has 6 nitrogen and oxygen atoms in total. The van der Waals surface area contributed by atoms with Crippen LogP contribution in [0.2, 0.25) is 5.02 Å². The molecule has 2 aromatic rings. The van der Waals surface area contributed by atoms with Crippen molar-refractivity contribution in [3.63, 3.8) is 0 Å². The lowest BCUT2D eigenvalue weighted by Gasteiger charge is -2.14. The molecule has 3 rings (SSSR count). The summed E-state index contributed by atoms with van der Waals surface area (Å²) in [5, 5.41) is 6.05. The van der Waals surface area contributed by atoms with Gasteiger partial charge in [0.05, 0.1) is 30.0 Å². The molecule has 0 aliphatic carbocycles. The largest absolute Gasteiger partial charge is 0.496 e. The van der Waals surface area contributed by atoms with Crippen molar-refractivity contribution in [2.45, 2.75) is 18.9 Å². The Morgan fingerprint density at radius 3 is 2.74 bits per heavy atom. The van der Waals surface area contributed by atoms with Crippen LogP contribution >= 0.6 is 11.6 Å². The highest BCUT2D eigenvalue weighted by Crippen LogP contribution is 2.24. The van der Waals surface area contributed by atoms with Gasteiger partial charge in [-0.15, -0.1) is 0 Å². The predicted molar refractivity (Wildman–Crippen MR) is 104 cm³/mol. The summed E-state index contributed by atoms with van der Waals surface area (Å²) in [6.07, 6.45) is 1.99. The molecule has 27 heavy (non-hydrogen) atoms. The Kier molecular flexibility index (Phi) is 6.32. The number of nitrogens with one attached hydrogen (secondary N) is 2. The van der Waals surface area contributed by atoms with Gasteiger partial charge in [0.25, 0.3) is 11.8 Å². The highest BCUT2D eigenvalue weighted by Gasteiger charge is 2.19. The van der Waals surface area contributed by atoms with E-state index >= 15 is 0 Å². The van der Waals surface area contributed by atoms with E-state index in [2.05, 4.69) is 10.6 Å². The van der Waals surface area contributed by atoms with Gasteiger partial charge in [-0.2, -0.15) is 0 Å². The van der Waals surface area contributed by atoms with Gasteiger partial charge in [-0.1, -0.05) is 23.7 Å². The van der Waals surface area contributed by atoms with Crippen molar-refractivity contribution in [1.29, 1.82) is 0 Å². The normalized spacial score (nSPS) is 16.0. The molecule has 1 unspecified atom stereocenters. The Labute approximate surface area is 162 Å². The molecule has 1 atom stereocenters. The van der Waals surface area contributed by atoms with Crippen molar-refractivity contribution < 1.29 is 19.1 Å². The van der Waals surface area contributed by atoms with Crippen molar-refractivity contribution >= 4 is 29.1 Å². The number of ether oxygens (including phenoxy) is 2. The van der Waals surface area contributed by atoms with Crippen LogP contribution in [0.25, 0.3) is 0 Å². The number of benzene rings is 2. The number of rotatable bonds is 6. The highest BCUT2D eigenvalue weighted by atomic mass is 35.5. The number of anilines is 1. The Morgan fingerprint density at radius 1 is 1.19 bits per heavy atom. The average molecular weight is 389 g/mol. The first kappa shape index (κ1) is 19.2. The summed E-state index contributed by atoms with van der Waals surface area (Å²) in [5.41, 5.74) is 1.08. The first-order chi connectivity index (χ1) is 13.1. The minimum Gasteiger partial charge on any atom is -0.496 e. The number of amides is 2. The summed E-state index contributed by atoms with van der Waals surface area (Å²) in [6.45, 7) is 1.18. The van der Waals surface area contributed by atoms with Gasteiger partial charge in [-0.05, 0) is 43.2 Å². The minimum atomic E-state index is -0.409. The van der Waals surface area contributed by atoms with Crippen molar-refractivity contribution in [2.75, 3.05) is 25.6 Å². The first-order valence-electron chi connectivity index (χ1n) is 8.72. The Morgan fingerprint density at radius 2 is 2.00 bits per heavy atom. The quantitative estimate of drug-likeness (QED) is 0.793. The molecule has 2 amide bonds. The van der Waals surface area contributed by atoms with E-state index < -0.39 is 5.91 Å². The average Bonchev–Trinajstić information content (AvgIpc) is 3.20. The Hall–Kier alpha value is -2.57. The molecule has 1 aliphatic rings. The maximum atomic E-state index is 12.7. The number of para-hydroxylation sites is 1. The van der Waals surface area contributed by atoms with Crippen molar-refractivity contribution in [3.05, 3.63) is 58.6 Å². The van der Waals surface area contributed by atoms with Crippen LogP contribution in [0.3, 0.4) is 0 Å². The van der Waals surface area contributed by atoms with Crippen LogP contribution in [0.4, 0.5) is 5.69 Å². The summed E-state index contributed by atoms with van der Waals surface area (Å²) < 4.78 is 10.7. The smallest absolute Gasteiger partial charge is 0.259 e. The van der Waals surface area contributed by atoms with Gasteiger partial charge in [-0.3, -0.25) is 9.59 Å². The van der Waals surface area contributed by atoms with E-state index in [-0.39, 0.29) is 12.0 Å². The topological polar surface area (TPSA) is 76.7 Å². The molecule has 1 heterocycles. The second-order valence-corrected chi connectivity index (χ2v) is 6.63. The zero-order valence-corrected chi connectivity index (χ0v) is 15.7. The molecule has 1 aliphatic heterocycles. The van der Waals surface area contributed by atoms with Gasteiger partial charge in [0, 0.05) is 18.2 Å². The molecule has 2 aromatic carbocycles. The summed E-state index contributed by atoms with van der Waals surface area (Å²) in [5.74, 6) is -0.273. The van der Waals surface area contributed by atoms with Crippen LogP contribution < -0.4 is 15.4 Å². The summed E-state index contributed by atoms with van der Waals surface area (Å²) in [6, 6.07) is 11.6. The van der Waals surface area contributed by atoms with Crippen LogP contribution in [-0.2, 0) is 4.74 Å². The number of halogens is 1. The first-order valence-corrected chi connectivity index (χ1v) is 9.10. The van der Waals surface area contributed by atoms with Crippen LogP contribution in [0, 0.1) is 0 Å². The second kappa shape index (κ2) is 8.88. The summed E-state index contributed by atoms with van der Waals surface area (Å²) in [7, 11) is 1.48. The van der Waals surface area contributed by atoms with Crippen molar-refractivity contribution in [3.8, 4) is 5.75 Å². The standard InChI is InChI=1S/C20H21ClN2O4/c1-26-18-9-8-13(21)11-16(18)20(25)23-17-7-3-2-6-15(17)19(24)22-12-14-5-4-10-27-14/h2-3,6-9,11,14H,4-5,10,12H2,1H3,(H,22,24)(H,23,25). The maximum absolute atomic E-state index is 12.7. The number of hydrogen-bond acceptors (Lipinski definition) is 4. The van der Waals surface area contributed by atoms with Crippen LogP contribution in [-0.4, -0.2) is 38.2 Å². The van der Waals surface area contributed by atoms with Crippen LogP contribution in [0.15, 0.2) is 42.5 Å². The van der Waals surface area contributed by atoms with E-state index in [9.17, 15) is 9.59 Å². The summed E-state index contributed by atoms with van der Waals surface area (Å²) in [4.78, 5) is 25.2. The monoisotopic (exact) mass is 388 g/mol. The van der Waals surface area contributed by atoms with E-state index in [1.165, 1.54) is 13.2 Å². The van der Waals surface area contributed by atoms with Crippen molar-refractivity contribution in [2.24, 2.45) is 0 Å². The van der Waals surface area contributed by atoms with Gasteiger partial charge < -0.3 is 20.1 Å². The predicted octanol–water partition coefficient (Wildman–Crippen LogP) is 3.51. The third kappa shape index (κ3) is 4.78. The molecule has 0 aromatic heterocycles. The van der Waals surface area contributed by atoms with Gasteiger partial charge >= 0.3 is 0 Å². The lowest BCUT2D eigenvalue weighted by Crippen LogP contribution is -2.32. The molecule has 2 N–H and O–H groups in total. The molecule has 7 heteroatoms. The van der Waals surface area contributed by atoms with Gasteiger partial charge in [0.2, 0.25) is 0 Å². The van der Waals surface area contributed by atoms with Crippen LogP contribution in [0.5, 0.6) is 5.75 Å². The summed E-state index contributed by atoms with van der Waals surface area (Å²) >= 11 is 5.99. The Balaban J connectivity index is 1.74. The molecule has 0 radical (unpaired) electrons. The lowest BCUT2D eigenvalue weighted by atomic mass is 10.1. The fourth-order valence-corrected chi connectivity index (χ4v) is 3.12. The minimum absolute atomic E-state index is 0.0476. The van der Waals surface area contributed by atoms with E-state index in [4.69, 9.17) is 21.1 Å². The third-order valence-electron chi connectivity index (χ3n) is 4.34. The zero-order chi connectivity index (χ0) is 19.2. The number of carbonyl (C=O) groups excluding carboxylic acids is 2. The van der Waals surface area contributed by atoms with E-state index in [0.29, 0.717) is 34.1 Å². The van der Waals surface area contributed by atoms with Gasteiger partial charge in [0.1, 0.15) is 5.75 Å². The van der Waals surface area contributed by atoms with E-state index in [0.717, 1.165) is 19.4 Å². The van der Waals surface area contributed by atoms with Crippen LogP contribution in [0.1, 0.15) is 33.6 Å². The van der Waals surface area contributed by atoms with Gasteiger partial charge in [0.15, 0.2) is 0 Å². The molecular formula is C20H21ClN2O4. The van der Waals surface area contributed by atoms with E-state index in [1.54, 1.807) is 36.4 Å². The Bertz CT molecular complexity index is 834. The number of methoxy groups -OCH3 is 1. The maximum Gasteiger partial charge on any atom is 0.259 e. The van der Waals surface area contributed by atoms with E-state index in [1.807, 2.05) is 0 Å². The van der Waals surface area contributed by atoms with Crippen molar-refractivity contribution in [1.82, 2.24) is 5.32 Å². The fraction of sp³-hybridized carbons (Fsp3) is 0.300. The third-order valence-corrected chi connectivity index (χ3v) is 4.58. The second-order valence-electron chi connectivity index (χ2n) is 6.19. The molecule has 0 bridgehead atoms. The number of carbonyl (C=O) groups is 2. The van der Waals surface area contributed by atoms with Gasteiger partial charge in [-0.25, -0.2) is 0 Å². The molecule has 0 spiro atoms. The SMILES string of the molecule is COc1ccc(Cl)cc1C(=O)Nc1ccccc1C(=O)NCC1CCCO1. The molecule has 1 saturated heterocycles. The molecule has 0 saturated carbocycles. The number of hydrogen-bond donors (Lipinski definition) is 2. The lowest BCUT2D eigenvalue weighted by molar-refractivity contribution is 0.0858.